The lowest BCUT2D eigenvalue weighted by Gasteiger charge is -2.29. The molecule has 15 heavy (non-hydrogen) atoms. The molecule has 0 aromatic heterocycles. The molecule has 1 aliphatic rings. The van der Waals surface area contributed by atoms with Crippen LogP contribution in [0.15, 0.2) is 0 Å². The maximum Gasteiger partial charge on any atom is 0.0329 e. The first-order valence-corrected chi connectivity index (χ1v) is 8.45. The summed E-state index contributed by atoms with van der Waals surface area (Å²) in [5, 5.41) is 4.66. The number of nitrogens with one attached hydrogen (secondary N) is 1. The molecule has 2 nitrogen and oxygen atoms in total. The summed E-state index contributed by atoms with van der Waals surface area (Å²) in [4.78, 5) is 0. The fourth-order valence-corrected chi connectivity index (χ4v) is 3.45. The molecule has 1 rings (SSSR count). The van der Waals surface area contributed by atoms with E-state index in [2.05, 4.69) is 30.9 Å². The normalized spacial score (nSPS) is 31.1. The molecule has 1 saturated heterocycles. The number of rotatable bonds is 5. The molecule has 4 heteroatoms. The lowest BCUT2D eigenvalue weighted by molar-refractivity contribution is 0.457. The first-order valence-electron chi connectivity index (χ1n) is 5.78. The van der Waals surface area contributed by atoms with E-state index in [-0.39, 0.29) is 0 Å². The highest BCUT2D eigenvalue weighted by atomic mass is 32.2. The lowest BCUT2D eigenvalue weighted by Crippen LogP contribution is -2.40. The smallest absolute Gasteiger partial charge is 0.0329 e. The van der Waals surface area contributed by atoms with Crippen molar-refractivity contribution in [3.05, 3.63) is 0 Å². The minimum atomic E-state index is -0.671. The molecule has 0 radical (unpaired) electrons. The van der Waals surface area contributed by atoms with Gasteiger partial charge in [-0.05, 0) is 31.6 Å². The zero-order chi connectivity index (χ0) is 11.3. The van der Waals surface area contributed by atoms with Gasteiger partial charge in [-0.1, -0.05) is 13.8 Å². The van der Waals surface area contributed by atoms with Gasteiger partial charge in [-0.3, -0.25) is 4.21 Å². The van der Waals surface area contributed by atoms with Crippen LogP contribution in [-0.2, 0) is 10.8 Å². The van der Waals surface area contributed by atoms with Gasteiger partial charge in [0.05, 0.1) is 0 Å². The van der Waals surface area contributed by atoms with Crippen LogP contribution in [0, 0.1) is 0 Å². The summed E-state index contributed by atoms with van der Waals surface area (Å²) in [6.45, 7) is 5.38. The third-order valence-corrected chi connectivity index (χ3v) is 5.88. The molecule has 0 aliphatic carbocycles. The molecule has 4 unspecified atom stereocenters. The summed E-state index contributed by atoms with van der Waals surface area (Å²) in [5.74, 6) is 1.31. The van der Waals surface area contributed by atoms with Crippen LogP contribution in [0.1, 0.15) is 33.1 Å². The number of hydrogen-bond acceptors (Lipinski definition) is 3. The summed E-state index contributed by atoms with van der Waals surface area (Å²) in [6, 6.07) is 0.668. The Morgan fingerprint density at radius 1 is 1.60 bits per heavy atom. The summed E-state index contributed by atoms with van der Waals surface area (Å²) in [7, 11) is -0.671. The predicted molar refractivity (Wildman–Crippen MR) is 71.1 cm³/mol. The van der Waals surface area contributed by atoms with Gasteiger partial charge in [0.15, 0.2) is 0 Å². The van der Waals surface area contributed by atoms with E-state index in [1.165, 1.54) is 18.6 Å². The van der Waals surface area contributed by atoms with Gasteiger partial charge in [-0.2, -0.15) is 11.8 Å². The van der Waals surface area contributed by atoms with E-state index >= 15 is 0 Å². The van der Waals surface area contributed by atoms with Gasteiger partial charge in [0.1, 0.15) is 0 Å². The highest BCUT2D eigenvalue weighted by molar-refractivity contribution is 7.99. The molecule has 0 aromatic rings. The van der Waals surface area contributed by atoms with Gasteiger partial charge < -0.3 is 5.32 Å². The molecule has 1 aliphatic heterocycles. The van der Waals surface area contributed by atoms with Crippen molar-refractivity contribution >= 4 is 22.6 Å². The highest BCUT2D eigenvalue weighted by Crippen LogP contribution is 2.24. The SMILES string of the molecule is CC1SCCCC1NCCC(C)S(C)=O. The van der Waals surface area contributed by atoms with Crippen LogP contribution in [0.2, 0.25) is 0 Å². The van der Waals surface area contributed by atoms with E-state index < -0.39 is 10.8 Å². The van der Waals surface area contributed by atoms with Crippen molar-refractivity contribution < 1.29 is 4.21 Å². The summed E-state index contributed by atoms with van der Waals surface area (Å²) >= 11 is 2.07. The van der Waals surface area contributed by atoms with E-state index in [9.17, 15) is 4.21 Å². The maximum absolute atomic E-state index is 11.2. The van der Waals surface area contributed by atoms with E-state index in [0.29, 0.717) is 11.3 Å². The molecular formula is C11H23NOS2. The Balaban J connectivity index is 2.16. The molecule has 4 atom stereocenters. The largest absolute Gasteiger partial charge is 0.313 e. The van der Waals surface area contributed by atoms with E-state index in [1.54, 1.807) is 6.26 Å². The Labute approximate surface area is 100 Å². The van der Waals surface area contributed by atoms with Gasteiger partial charge in [0.25, 0.3) is 0 Å². The van der Waals surface area contributed by atoms with Crippen molar-refractivity contribution in [3.8, 4) is 0 Å². The van der Waals surface area contributed by atoms with E-state index in [0.717, 1.165) is 18.2 Å². The molecule has 90 valence electrons. The molecule has 0 spiro atoms. The van der Waals surface area contributed by atoms with Crippen molar-refractivity contribution in [1.29, 1.82) is 0 Å². The van der Waals surface area contributed by atoms with E-state index in [4.69, 9.17) is 0 Å². The summed E-state index contributed by atoms with van der Waals surface area (Å²) in [5.41, 5.74) is 0. The zero-order valence-corrected chi connectivity index (χ0v) is 11.6. The average molecular weight is 249 g/mol. The summed E-state index contributed by atoms with van der Waals surface area (Å²) < 4.78 is 11.2. The van der Waals surface area contributed by atoms with Crippen molar-refractivity contribution in [2.45, 2.75) is 49.7 Å². The van der Waals surface area contributed by atoms with E-state index in [1.807, 2.05) is 0 Å². The van der Waals surface area contributed by atoms with Crippen LogP contribution in [0.5, 0.6) is 0 Å². The second-order valence-corrected chi connectivity index (χ2v) is 7.66. The van der Waals surface area contributed by atoms with Crippen molar-refractivity contribution in [3.63, 3.8) is 0 Å². The molecule has 1 fully saturated rings. The van der Waals surface area contributed by atoms with Crippen LogP contribution in [0.3, 0.4) is 0 Å². The van der Waals surface area contributed by atoms with Gasteiger partial charge in [0.2, 0.25) is 0 Å². The van der Waals surface area contributed by atoms with Crippen LogP contribution in [-0.4, -0.2) is 39.3 Å². The third-order valence-electron chi connectivity index (χ3n) is 3.13. The predicted octanol–water partition coefficient (Wildman–Crippen LogP) is 2.02. The highest BCUT2D eigenvalue weighted by Gasteiger charge is 2.21. The number of thioether (sulfide) groups is 1. The molecule has 1 heterocycles. The molecule has 0 aromatic carbocycles. The Morgan fingerprint density at radius 2 is 2.33 bits per heavy atom. The van der Waals surface area contributed by atoms with Crippen molar-refractivity contribution in [2.24, 2.45) is 0 Å². The summed E-state index contributed by atoms with van der Waals surface area (Å²) in [6.07, 6.45) is 5.46. The van der Waals surface area contributed by atoms with Gasteiger partial charge in [-0.25, -0.2) is 0 Å². The molecule has 0 saturated carbocycles. The topological polar surface area (TPSA) is 29.1 Å². The minimum absolute atomic E-state index is 0.323. The first-order chi connectivity index (χ1) is 7.11. The van der Waals surface area contributed by atoms with Crippen LogP contribution < -0.4 is 5.32 Å². The van der Waals surface area contributed by atoms with Gasteiger partial charge >= 0.3 is 0 Å². The van der Waals surface area contributed by atoms with Crippen molar-refractivity contribution in [1.82, 2.24) is 5.32 Å². The lowest BCUT2D eigenvalue weighted by atomic mass is 10.1. The Morgan fingerprint density at radius 3 is 2.93 bits per heavy atom. The molecule has 0 bridgehead atoms. The van der Waals surface area contributed by atoms with Crippen LogP contribution >= 0.6 is 11.8 Å². The molecular weight excluding hydrogens is 226 g/mol. The third kappa shape index (κ3) is 4.87. The Bertz CT molecular complexity index is 211. The minimum Gasteiger partial charge on any atom is -0.313 e. The monoisotopic (exact) mass is 249 g/mol. The van der Waals surface area contributed by atoms with Crippen LogP contribution in [0.25, 0.3) is 0 Å². The first kappa shape index (κ1) is 13.5. The number of hydrogen-bond donors (Lipinski definition) is 1. The van der Waals surface area contributed by atoms with Crippen molar-refractivity contribution in [2.75, 3.05) is 18.6 Å². The van der Waals surface area contributed by atoms with Gasteiger partial charge in [-0.15, -0.1) is 0 Å². The van der Waals surface area contributed by atoms with Crippen LogP contribution in [0.4, 0.5) is 0 Å². The second kappa shape index (κ2) is 6.92. The molecule has 0 amide bonds. The maximum atomic E-state index is 11.2. The Kier molecular flexibility index (Phi) is 6.24. The second-order valence-electron chi connectivity index (χ2n) is 4.38. The standard InChI is InChI=1S/C11H23NOS2/c1-9(15(3)13)6-7-12-11-5-4-8-14-10(11)2/h9-12H,4-8H2,1-3H3. The quantitative estimate of drug-likeness (QED) is 0.808. The molecule has 1 N–H and O–H groups in total. The average Bonchev–Trinajstić information content (AvgIpc) is 2.20. The fourth-order valence-electron chi connectivity index (χ4n) is 1.83. The van der Waals surface area contributed by atoms with Gasteiger partial charge in [0, 0.05) is 33.6 Å². The Hall–Kier alpha value is 0.460. The fraction of sp³-hybridized carbons (Fsp3) is 1.00. The zero-order valence-electron chi connectivity index (χ0n) is 9.99.